The summed E-state index contributed by atoms with van der Waals surface area (Å²) >= 11 is 0. The number of nitrogens with zero attached hydrogens (tertiary/aromatic N) is 2. The van der Waals surface area contributed by atoms with Gasteiger partial charge in [0.15, 0.2) is 0 Å². The van der Waals surface area contributed by atoms with Crippen molar-refractivity contribution in [3.8, 4) is 5.75 Å². The zero-order valence-electron chi connectivity index (χ0n) is 16.9. The van der Waals surface area contributed by atoms with Crippen LogP contribution in [0, 0.1) is 0 Å². The topological polar surface area (TPSA) is 92.1 Å². The van der Waals surface area contributed by atoms with Crippen LogP contribution in [0.3, 0.4) is 0 Å². The van der Waals surface area contributed by atoms with Gasteiger partial charge in [0.1, 0.15) is 16.4 Å². The molecule has 1 aromatic carbocycles. The molecule has 2 aromatic rings. The van der Waals surface area contributed by atoms with Gasteiger partial charge in [0.2, 0.25) is 10.0 Å². The molecule has 1 unspecified atom stereocenters. The number of ether oxygens (including phenoxy) is 1. The number of furan rings is 1. The van der Waals surface area contributed by atoms with Crippen molar-refractivity contribution in [1.29, 1.82) is 0 Å². The first-order valence-corrected chi connectivity index (χ1v) is 10.9. The van der Waals surface area contributed by atoms with Crippen LogP contribution in [-0.4, -0.2) is 64.4 Å². The fourth-order valence-corrected chi connectivity index (χ4v) is 5.10. The molecule has 0 saturated carbocycles. The van der Waals surface area contributed by atoms with Crippen LogP contribution in [0.1, 0.15) is 35.0 Å². The molecule has 1 saturated heterocycles. The van der Waals surface area contributed by atoms with E-state index in [0.717, 1.165) is 18.6 Å². The molecular formula is C20H27N3O5S. The number of carbonyl (C=O) groups is 1. The highest BCUT2D eigenvalue weighted by Gasteiger charge is 2.30. The Labute approximate surface area is 171 Å². The van der Waals surface area contributed by atoms with Gasteiger partial charge in [-0.05, 0) is 57.3 Å². The van der Waals surface area contributed by atoms with Crippen LogP contribution in [-0.2, 0) is 10.0 Å². The van der Waals surface area contributed by atoms with E-state index in [-0.39, 0.29) is 28.2 Å². The molecule has 0 bridgehead atoms. The Balaban J connectivity index is 1.80. The number of likely N-dealkylation sites (N-methyl/N-ethyl adjacent to an activating group) is 1. The number of benzene rings is 1. The Kier molecular flexibility index (Phi) is 6.61. The zero-order valence-corrected chi connectivity index (χ0v) is 17.7. The minimum Gasteiger partial charge on any atom is -0.495 e. The molecule has 2 heterocycles. The normalized spacial score (nSPS) is 16.1. The van der Waals surface area contributed by atoms with Gasteiger partial charge < -0.3 is 14.5 Å². The van der Waals surface area contributed by atoms with Crippen LogP contribution in [0.25, 0.3) is 0 Å². The summed E-state index contributed by atoms with van der Waals surface area (Å²) in [6.07, 6.45) is 3.26. The van der Waals surface area contributed by atoms with Crippen molar-refractivity contribution in [2.24, 2.45) is 0 Å². The lowest BCUT2D eigenvalue weighted by molar-refractivity contribution is 0.0938. The van der Waals surface area contributed by atoms with Crippen molar-refractivity contribution >= 4 is 15.9 Å². The summed E-state index contributed by atoms with van der Waals surface area (Å²) in [6.45, 7) is 1.28. The Morgan fingerprint density at radius 2 is 2.00 bits per heavy atom. The molecule has 9 heteroatoms. The molecule has 3 rings (SSSR count). The molecular weight excluding hydrogens is 394 g/mol. The molecule has 158 valence electrons. The Hall–Kier alpha value is -2.36. The molecule has 0 radical (unpaired) electrons. The van der Waals surface area contributed by atoms with Gasteiger partial charge in [-0.2, -0.15) is 4.31 Å². The summed E-state index contributed by atoms with van der Waals surface area (Å²) in [5.74, 6) is 0.612. The van der Waals surface area contributed by atoms with E-state index in [1.807, 2.05) is 25.1 Å². The van der Waals surface area contributed by atoms with Gasteiger partial charge in [-0.1, -0.05) is 0 Å². The summed E-state index contributed by atoms with van der Waals surface area (Å²) in [5.41, 5.74) is 0.264. The van der Waals surface area contributed by atoms with E-state index in [4.69, 9.17) is 9.15 Å². The number of hydrogen-bond donors (Lipinski definition) is 1. The van der Waals surface area contributed by atoms with Crippen molar-refractivity contribution in [2.75, 3.05) is 40.8 Å². The van der Waals surface area contributed by atoms with E-state index in [1.54, 1.807) is 18.4 Å². The van der Waals surface area contributed by atoms with Gasteiger partial charge in [-0.3, -0.25) is 9.69 Å². The van der Waals surface area contributed by atoms with Crippen molar-refractivity contribution in [1.82, 2.24) is 14.5 Å². The van der Waals surface area contributed by atoms with Crippen LogP contribution in [0.2, 0.25) is 0 Å². The van der Waals surface area contributed by atoms with Crippen LogP contribution >= 0.6 is 0 Å². The lowest BCUT2D eigenvalue weighted by Crippen LogP contribution is -2.34. The maximum Gasteiger partial charge on any atom is 0.251 e. The predicted octanol–water partition coefficient (Wildman–Crippen LogP) is 2.11. The lowest BCUT2D eigenvalue weighted by atomic mass is 10.1. The van der Waals surface area contributed by atoms with Crippen molar-refractivity contribution in [3.05, 3.63) is 47.9 Å². The van der Waals surface area contributed by atoms with E-state index in [9.17, 15) is 13.2 Å². The lowest BCUT2D eigenvalue weighted by Gasteiger charge is -2.23. The maximum absolute atomic E-state index is 13.0. The standard InChI is InChI=1S/C20H27N3O5S/c1-22(2)16(17-7-6-12-28-17)14-21-20(24)15-8-9-18(27-3)19(13-15)29(25,26)23-10-4-5-11-23/h6-9,12-13,16H,4-5,10-11,14H2,1-3H3,(H,21,24). The maximum atomic E-state index is 13.0. The molecule has 1 atom stereocenters. The molecule has 1 amide bonds. The highest BCUT2D eigenvalue weighted by molar-refractivity contribution is 7.89. The largest absolute Gasteiger partial charge is 0.495 e. The van der Waals surface area contributed by atoms with Crippen molar-refractivity contribution in [3.63, 3.8) is 0 Å². The number of amides is 1. The Bertz CT molecular complexity index is 935. The van der Waals surface area contributed by atoms with Crippen LogP contribution in [0.15, 0.2) is 45.9 Å². The van der Waals surface area contributed by atoms with E-state index >= 15 is 0 Å². The second-order valence-electron chi connectivity index (χ2n) is 7.18. The average molecular weight is 422 g/mol. The quantitative estimate of drug-likeness (QED) is 0.702. The van der Waals surface area contributed by atoms with Gasteiger partial charge in [0.25, 0.3) is 5.91 Å². The Morgan fingerprint density at radius 3 is 2.59 bits per heavy atom. The molecule has 0 aliphatic carbocycles. The first-order valence-electron chi connectivity index (χ1n) is 9.51. The minimum atomic E-state index is -3.71. The minimum absolute atomic E-state index is 0.0183. The average Bonchev–Trinajstić information content (AvgIpc) is 3.41. The number of hydrogen-bond acceptors (Lipinski definition) is 6. The monoisotopic (exact) mass is 421 g/mol. The first-order chi connectivity index (χ1) is 13.8. The smallest absolute Gasteiger partial charge is 0.251 e. The van der Waals surface area contributed by atoms with Crippen LogP contribution < -0.4 is 10.1 Å². The number of rotatable bonds is 8. The summed E-state index contributed by atoms with van der Waals surface area (Å²) < 4.78 is 38.1. The number of methoxy groups -OCH3 is 1. The van der Waals surface area contributed by atoms with Crippen molar-refractivity contribution < 1.29 is 22.4 Å². The van der Waals surface area contributed by atoms with E-state index in [0.29, 0.717) is 19.6 Å². The van der Waals surface area contributed by atoms with Crippen LogP contribution in [0.4, 0.5) is 0 Å². The molecule has 1 aliphatic rings. The second kappa shape index (κ2) is 8.98. The van der Waals surface area contributed by atoms with Crippen molar-refractivity contribution in [2.45, 2.75) is 23.8 Å². The van der Waals surface area contributed by atoms with Gasteiger partial charge >= 0.3 is 0 Å². The third-order valence-electron chi connectivity index (χ3n) is 5.06. The molecule has 1 fully saturated rings. The summed E-state index contributed by atoms with van der Waals surface area (Å²) in [7, 11) is 1.50. The van der Waals surface area contributed by atoms with E-state index < -0.39 is 10.0 Å². The SMILES string of the molecule is COc1ccc(C(=O)NCC(c2ccco2)N(C)C)cc1S(=O)(=O)N1CCCC1. The number of nitrogens with one attached hydrogen (secondary N) is 1. The van der Waals surface area contributed by atoms with Gasteiger partial charge in [-0.15, -0.1) is 0 Å². The third-order valence-corrected chi connectivity index (χ3v) is 6.98. The van der Waals surface area contributed by atoms with Gasteiger partial charge in [0, 0.05) is 25.2 Å². The second-order valence-corrected chi connectivity index (χ2v) is 9.09. The first kappa shape index (κ1) is 21.4. The highest BCUT2D eigenvalue weighted by Crippen LogP contribution is 2.30. The predicted molar refractivity (Wildman–Crippen MR) is 108 cm³/mol. The van der Waals surface area contributed by atoms with Gasteiger partial charge in [0.05, 0.1) is 19.4 Å². The summed E-state index contributed by atoms with van der Waals surface area (Å²) in [6, 6.07) is 7.99. The molecule has 1 aliphatic heterocycles. The molecule has 29 heavy (non-hydrogen) atoms. The molecule has 1 N–H and O–H groups in total. The highest BCUT2D eigenvalue weighted by atomic mass is 32.2. The number of carbonyl (C=O) groups excluding carboxylic acids is 1. The fraction of sp³-hybridized carbons (Fsp3) is 0.450. The molecule has 1 aromatic heterocycles. The molecule has 8 nitrogen and oxygen atoms in total. The fourth-order valence-electron chi connectivity index (χ4n) is 3.40. The van der Waals surface area contributed by atoms with E-state index in [2.05, 4.69) is 5.32 Å². The number of sulfonamides is 1. The third kappa shape index (κ3) is 4.63. The van der Waals surface area contributed by atoms with Crippen LogP contribution in [0.5, 0.6) is 5.75 Å². The van der Waals surface area contributed by atoms with Gasteiger partial charge in [-0.25, -0.2) is 8.42 Å². The summed E-state index contributed by atoms with van der Waals surface area (Å²) in [5, 5.41) is 2.86. The Morgan fingerprint density at radius 1 is 1.28 bits per heavy atom. The zero-order chi connectivity index (χ0) is 21.0. The summed E-state index contributed by atoms with van der Waals surface area (Å²) in [4.78, 5) is 14.7. The molecule has 0 spiro atoms. The van der Waals surface area contributed by atoms with E-state index in [1.165, 1.54) is 23.5 Å².